The minimum absolute atomic E-state index is 0.0114. The standard InChI is InChI=1S/C25H26F2N6O3/c1-16-3-6-20(13-22(16)31-25(35)33-11-9-32(10-12-33)17(2)34)30-24-28-14-19(15-29-24)18-4-7-21(8-5-18)36-23(26)27/h3-8,13-15,23H,9-12H2,1-2H3,(H,31,35)(H,28,29,30). The average Bonchev–Trinajstić information content (AvgIpc) is 2.87. The van der Waals surface area contributed by atoms with Crippen LogP contribution in [-0.2, 0) is 4.79 Å². The van der Waals surface area contributed by atoms with Crippen molar-refractivity contribution >= 4 is 29.3 Å². The molecule has 1 aromatic heterocycles. The van der Waals surface area contributed by atoms with Gasteiger partial charge < -0.3 is 25.2 Å². The number of ether oxygens (including phenoxy) is 1. The van der Waals surface area contributed by atoms with E-state index in [1.165, 1.54) is 19.1 Å². The van der Waals surface area contributed by atoms with E-state index < -0.39 is 6.61 Å². The van der Waals surface area contributed by atoms with E-state index in [1.54, 1.807) is 40.4 Å². The molecule has 11 heteroatoms. The van der Waals surface area contributed by atoms with Crippen molar-refractivity contribution in [2.45, 2.75) is 20.5 Å². The van der Waals surface area contributed by atoms with Gasteiger partial charge in [0.25, 0.3) is 0 Å². The minimum atomic E-state index is -2.87. The number of hydrogen-bond donors (Lipinski definition) is 2. The van der Waals surface area contributed by atoms with Crippen LogP contribution in [0.15, 0.2) is 54.9 Å². The second-order valence-electron chi connectivity index (χ2n) is 8.28. The molecule has 0 spiro atoms. The zero-order chi connectivity index (χ0) is 25.7. The van der Waals surface area contributed by atoms with Crippen molar-refractivity contribution in [2.75, 3.05) is 36.8 Å². The summed E-state index contributed by atoms with van der Waals surface area (Å²) in [5, 5.41) is 6.06. The van der Waals surface area contributed by atoms with Gasteiger partial charge in [-0.3, -0.25) is 4.79 Å². The molecule has 0 atom stereocenters. The number of benzene rings is 2. The molecule has 9 nitrogen and oxygen atoms in total. The lowest BCUT2D eigenvalue weighted by molar-refractivity contribution is -0.130. The van der Waals surface area contributed by atoms with Gasteiger partial charge in [0.2, 0.25) is 11.9 Å². The van der Waals surface area contributed by atoms with Crippen molar-refractivity contribution in [2.24, 2.45) is 0 Å². The summed E-state index contributed by atoms with van der Waals surface area (Å²) in [7, 11) is 0. The molecule has 1 saturated heterocycles. The maximum Gasteiger partial charge on any atom is 0.387 e. The highest BCUT2D eigenvalue weighted by Crippen LogP contribution is 2.25. The smallest absolute Gasteiger partial charge is 0.387 e. The first kappa shape index (κ1) is 24.8. The van der Waals surface area contributed by atoms with Gasteiger partial charge in [-0.2, -0.15) is 8.78 Å². The Morgan fingerprint density at radius 3 is 2.19 bits per heavy atom. The van der Waals surface area contributed by atoms with E-state index in [1.807, 2.05) is 19.1 Å². The summed E-state index contributed by atoms with van der Waals surface area (Å²) >= 11 is 0. The fraction of sp³-hybridized carbons (Fsp3) is 0.280. The molecule has 0 saturated carbocycles. The summed E-state index contributed by atoms with van der Waals surface area (Å²) in [5.41, 5.74) is 3.71. The summed E-state index contributed by atoms with van der Waals surface area (Å²) in [4.78, 5) is 36.3. The Hall–Kier alpha value is -4.28. The fourth-order valence-corrected chi connectivity index (χ4v) is 3.75. The van der Waals surface area contributed by atoms with Gasteiger partial charge >= 0.3 is 12.6 Å². The number of aromatic nitrogens is 2. The van der Waals surface area contributed by atoms with Gasteiger partial charge in [-0.1, -0.05) is 18.2 Å². The van der Waals surface area contributed by atoms with Crippen molar-refractivity contribution in [3.8, 4) is 16.9 Å². The second-order valence-corrected chi connectivity index (χ2v) is 8.28. The second kappa shape index (κ2) is 11.0. The largest absolute Gasteiger partial charge is 0.435 e. The lowest BCUT2D eigenvalue weighted by Crippen LogP contribution is -2.51. The highest BCUT2D eigenvalue weighted by Gasteiger charge is 2.22. The number of urea groups is 1. The number of hydrogen-bond acceptors (Lipinski definition) is 6. The number of carbonyl (C=O) groups excluding carboxylic acids is 2. The summed E-state index contributed by atoms with van der Waals surface area (Å²) in [6, 6.07) is 11.5. The Balaban J connectivity index is 1.38. The Morgan fingerprint density at radius 1 is 0.944 bits per heavy atom. The van der Waals surface area contributed by atoms with Gasteiger partial charge in [-0.15, -0.1) is 0 Å². The molecular formula is C25H26F2N6O3. The van der Waals surface area contributed by atoms with Crippen LogP contribution in [0.5, 0.6) is 5.75 Å². The van der Waals surface area contributed by atoms with E-state index in [0.717, 1.165) is 11.1 Å². The molecule has 36 heavy (non-hydrogen) atoms. The first-order chi connectivity index (χ1) is 17.3. The van der Waals surface area contributed by atoms with Gasteiger partial charge in [0.1, 0.15) is 5.75 Å². The van der Waals surface area contributed by atoms with Crippen LogP contribution in [0.3, 0.4) is 0 Å². The van der Waals surface area contributed by atoms with Crippen LogP contribution >= 0.6 is 0 Å². The minimum Gasteiger partial charge on any atom is -0.435 e. The van der Waals surface area contributed by atoms with Crippen molar-refractivity contribution in [3.05, 3.63) is 60.4 Å². The average molecular weight is 497 g/mol. The molecule has 2 aromatic carbocycles. The van der Waals surface area contributed by atoms with E-state index in [-0.39, 0.29) is 17.7 Å². The Labute approximate surface area is 207 Å². The molecule has 2 heterocycles. The van der Waals surface area contributed by atoms with E-state index in [2.05, 4.69) is 25.3 Å². The van der Waals surface area contributed by atoms with Gasteiger partial charge in [0.05, 0.1) is 0 Å². The maximum absolute atomic E-state index is 12.7. The number of rotatable bonds is 6. The number of carbonyl (C=O) groups is 2. The van der Waals surface area contributed by atoms with E-state index in [0.29, 0.717) is 49.1 Å². The topological polar surface area (TPSA) is 99.7 Å². The molecule has 2 N–H and O–H groups in total. The van der Waals surface area contributed by atoms with Gasteiger partial charge in [-0.05, 0) is 42.3 Å². The quantitative estimate of drug-likeness (QED) is 0.522. The number of nitrogens with one attached hydrogen (secondary N) is 2. The predicted molar refractivity (Wildman–Crippen MR) is 131 cm³/mol. The van der Waals surface area contributed by atoms with Crippen LogP contribution in [0.1, 0.15) is 12.5 Å². The van der Waals surface area contributed by atoms with E-state index >= 15 is 0 Å². The number of amides is 3. The normalized spacial score (nSPS) is 13.5. The molecule has 3 amide bonds. The first-order valence-corrected chi connectivity index (χ1v) is 11.3. The summed E-state index contributed by atoms with van der Waals surface area (Å²) in [6.07, 6.45) is 3.24. The molecule has 0 radical (unpaired) electrons. The van der Waals surface area contributed by atoms with Crippen molar-refractivity contribution in [1.29, 1.82) is 0 Å². The zero-order valence-electron chi connectivity index (χ0n) is 19.9. The van der Waals surface area contributed by atoms with Crippen LogP contribution in [0, 0.1) is 6.92 Å². The molecule has 3 aromatic rings. The molecular weight excluding hydrogens is 470 g/mol. The number of anilines is 3. The third kappa shape index (κ3) is 6.23. The van der Waals surface area contributed by atoms with Crippen LogP contribution in [-0.4, -0.2) is 64.5 Å². The van der Waals surface area contributed by atoms with Gasteiger partial charge in [-0.25, -0.2) is 14.8 Å². The highest BCUT2D eigenvalue weighted by atomic mass is 19.3. The molecule has 0 aliphatic carbocycles. The van der Waals surface area contributed by atoms with Crippen LogP contribution in [0.2, 0.25) is 0 Å². The Bertz CT molecular complexity index is 1210. The first-order valence-electron chi connectivity index (χ1n) is 11.3. The highest BCUT2D eigenvalue weighted by molar-refractivity contribution is 5.91. The number of aryl methyl sites for hydroxylation is 1. The number of nitrogens with zero attached hydrogens (tertiary/aromatic N) is 4. The van der Waals surface area contributed by atoms with Crippen LogP contribution in [0.4, 0.5) is 30.9 Å². The summed E-state index contributed by atoms with van der Waals surface area (Å²) in [5.74, 6) is 0.448. The monoisotopic (exact) mass is 496 g/mol. The molecule has 1 aliphatic rings. The van der Waals surface area contributed by atoms with Crippen molar-refractivity contribution in [1.82, 2.24) is 19.8 Å². The van der Waals surface area contributed by atoms with Crippen LogP contribution in [0.25, 0.3) is 11.1 Å². The number of halogens is 2. The molecule has 1 fully saturated rings. The third-order valence-corrected chi connectivity index (χ3v) is 5.81. The Morgan fingerprint density at radius 2 is 1.58 bits per heavy atom. The molecule has 1 aliphatic heterocycles. The maximum atomic E-state index is 12.7. The lowest BCUT2D eigenvalue weighted by atomic mass is 10.1. The Kier molecular flexibility index (Phi) is 7.57. The lowest BCUT2D eigenvalue weighted by Gasteiger charge is -2.34. The van der Waals surface area contributed by atoms with E-state index in [9.17, 15) is 18.4 Å². The van der Waals surface area contributed by atoms with E-state index in [4.69, 9.17) is 0 Å². The van der Waals surface area contributed by atoms with Gasteiger partial charge in [0, 0.05) is 62.4 Å². The SMILES string of the molecule is CC(=O)N1CCN(C(=O)Nc2cc(Nc3ncc(-c4ccc(OC(F)F)cc4)cn3)ccc2C)CC1. The van der Waals surface area contributed by atoms with Crippen molar-refractivity contribution < 1.29 is 23.1 Å². The summed E-state index contributed by atoms with van der Waals surface area (Å²) < 4.78 is 29.0. The van der Waals surface area contributed by atoms with Crippen LogP contribution < -0.4 is 15.4 Å². The number of alkyl halides is 2. The molecule has 0 bridgehead atoms. The van der Waals surface area contributed by atoms with Crippen molar-refractivity contribution in [3.63, 3.8) is 0 Å². The molecule has 4 rings (SSSR count). The molecule has 188 valence electrons. The third-order valence-electron chi connectivity index (χ3n) is 5.81. The fourth-order valence-electron chi connectivity index (χ4n) is 3.75. The number of piperazine rings is 1. The molecule has 0 unspecified atom stereocenters. The van der Waals surface area contributed by atoms with Gasteiger partial charge in [0.15, 0.2) is 0 Å². The predicted octanol–water partition coefficient (Wildman–Crippen LogP) is 4.49. The summed E-state index contributed by atoms with van der Waals surface area (Å²) in [6.45, 7) is 2.55. The zero-order valence-corrected chi connectivity index (χ0v) is 19.9.